The number of likely N-dealkylation sites (tertiary alicyclic amines) is 1. The molecule has 0 spiro atoms. The van der Waals surface area contributed by atoms with Crippen LogP contribution >= 0.6 is 0 Å². The van der Waals surface area contributed by atoms with E-state index < -0.39 is 5.92 Å². The van der Waals surface area contributed by atoms with Crippen molar-refractivity contribution in [2.75, 3.05) is 18.4 Å². The zero-order chi connectivity index (χ0) is 22.7. The van der Waals surface area contributed by atoms with Crippen LogP contribution in [0.15, 0.2) is 54.9 Å². The third kappa shape index (κ3) is 4.85. The van der Waals surface area contributed by atoms with E-state index in [1.807, 2.05) is 36.4 Å². The molecule has 8 nitrogen and oxygen atoms in total. The van der Waals surface area contributed by atoms with Crippen molar-refractivity contribution in [1.29, 1.82) is 0 Å². The van der Waals surface area contributed by atoms with Crippen LogP contribution in [0.4, 0.5) is 5.82 Å². The Morgan fingerprint density at radius 1 is 1.12 bits per heavy atom. The Kier molecular flexibility index (Phi) is 6.03. The summed E-state index contributed by atoms with van der Waals surface area (Å²) in [4.78, 5) is 35.8. The minimum absolute atomic E-state index is 0.0105. The zero-order valence-corrected chi connectivity index (χ0v) is 18.7. The summed E-state index contributed by atoms with van der Waals surface area (Å²) in [5.41, 5.74) is 1.78. The Morgan fingerprint density at radius 2 is 1.84 bits per heavy atom. The van der Waals surface area contributed by atoms with Gasteiger partial charge in [-0.1, -0.05) is 51.1 Å². The fraction of sp³-hybridized carbons (Fsp3) is 0.375. The molecule has 1 saturated heterocycles. The van der Waals surface area contributed by atoms with Gasteiger partial charge in [-0.25, -0.2) is 9.97 Å². The van der Waals surface area contributed by atoms with Crippen molar-refractivity contribution in [3.63, 3.8) is 0 Å². The van der Waals surface area contributed by atoms with E-state index in [2.05, 4.69) is 41.2 Å². The molecule has 2 amide bonds. The number of anilines is 1. The molecule has 1 unspecified atom stereocenters. The normalized spacial score (nSPS) is 16.4. The number of amides is 2. The van der Waals surface area contributed by atoms with E-state index >= 15 is 0 Å². The molecule has 1 fully saturated rings. The summed E-state index contributed by atoms with van der Waals surface area (Å²) in [6, 6.07) is 13.6. The zero-order valence-electron chi connectivity index (χ0n) is 18.7. The van der Waals surface area contributed by atoms with E-state index in [0.717, 1.165) is 12.1 Å². The molecule has 1 atom stereocenters. The number of benzene rings is 1. The second-order valence-corrected chi connectivity index (χ2v) is 9.09. The van der Waals surface area contributed by atoms with Crippen molar-refractivity contribution in [2.24, 2.45) is 5.92 Å². The van der Waals surface area contributed by atoms with Crippen LogP contribution in [0.5, 0.6) is 0 Å². The molecule has 0 radical (unpaired) electrons. The number of nitrogens with one attached hydrogen (secondary N) is 1. The summed E-state index contributed by atoms with van der Waals surface area (Å²) >= 11 is 0. The Hall–Kier alpha value is -3.55. The number of carbonyl (C=O) groups is 2. The van der Waals surface area contributed by atoms with Crippen LogP contribution < -0.4 is 5.32 Å². The molecular formula is C24H28N6O2. The van der Waals surface area contributed by atoms with Crippen LogP contribution in [-0.2, 0) is 21.4 Å². The van der Waals surface area contributed by atoms with Gasteiger partial charge in [-0.2, -0.15) is 9.78 Å². The van der Waals surface area contributed by atoms with Gasteiger partial charge >= 0.3 is 0 Å². The third-order valence-electron chi connectivity index (χ3n) is 5.57. The summed E-state index contributed by atoms with van der Waals surface area (Å²) in [6.07, 6.45) is 4.25. The lowest BCUT2D eigenvalue weighted by Gasteiger charge is -2.16. The average molecular weight is 433 g/mol. The highest BCUT2D eigenvalue weighted by Crippen LogP contribution is 2.27. The van der Waals surface area contributed by atoms with Gasteiger partial charge in [0.05, 0.1) is 11.6 Å². The van der Waals surface area contributed by atoms with Crippen molar-refractivity contribution < 1.29 is 9.59 Å². The largest absolute Gasteiger partial charge is 0.342 e. The van der Waals surface area contributed by atoms with Gasteiger partial charge in [0.2, 0.25) is 11.8 Å². The molecule has 1 N–H and O–H groups in total. The summed E-state index contributed by atoms with van der Waals surface area (Å²) in [5.74, 6) is 0.289. The maximum Gasteiger partial charge on any atom is 0.252 e. The average Bonchev–Trinajstić information content (AvgIpc) is 3.37. The van der Waals surface area contributed by atoms with Gasteiger partial charge in [-0.15, -0.1) is 0 Å². The highest BCUT2D eigenvalue weighted by atomic mass is 16.2. The van der Waals surface area contributed by atoms with Gasteiger partial charge in [0, 0.05) is 43.4 Å². The number of aromatic nitrogens is 4. The monoisotopic (exact) mass is 432 g/mol. The van der Waals surface area contributed by atoms with E-state index in [1.165, 1.54) is 5.56 Å². The van der Waals surface area contributed by atoms with Crippen molar-refractivity contribution >= 4 is 17.6 Å². The Bertz CT molecular complexity index is 1090. The first-order valence-electron chi connectivity index (χ1n) is 10.8. The number of hydrogen-bond acceptors (Lipinski definition) is 5. The molecule has 0 bridgehead atoms. The highest BCUT2D eigenvalue weighted by molar-refractivity contribution is 5.96. The molecule has 2 aromatic heterocycles. The van der Waals surface area contributed by atoms with Gasteiger partial charge < -0.3 is 10.2 Å². The molecule has 8 heteroatoms. The maximum atomic E-state index is 13.1. The molecule has 1 aromatic carbocycles. The van der Waals surface area contributed by atoms with Gasteiger partial charge in [-0.05, 0) is 18.1 Å². The molecule has 166 valence electrons. The van der Waals surface area contributed by atoms with Crippen molar-refractivity contribution in [3.05, 3.63) is 66.1 Å². The number of hydrogen-bond donors (Lipinski definition) is 1. The first-order valence-corrected chi connectivity index (χ1v) is 10.8. The van der Waals surface area contributed by atoms with Gasteiger partial charge in [0.15, 0.2) is 0 Å². The molecule has 3 aromatic rings. The topological polar surface area (TPSA) is 93.0 Å². The second-order valence-electron chi connectivity index (χ2n) is 9.09. The third-order valence-corrected chi connectivity index (χ3v) is 5.57. The number of carbonyl (C=O) groups excluding carboxylic acids is 2. The standard InChI is InChI=1S/C24H28N6O2/c1-24(2,3)19-15-20(30(28-19)23-25-11-7-12-26-23)27-22(32)18-14-21(31)29(16-18)13-10-17-8-5-4-6-9-17/h4-9,11-12,15,18H,10,13-14,16H2,1-3H3,(H,27,32). The van der Waals surface area contributed by atoms with E-state index in [1.54, 1.807) is 28.0 Å². The quantitative estimate of drug-likeness (QED) is 0.646. The van der Waals surface area contributed by atoms with E-state index in [4.69, 9.17) is 0 Å². The van der Waals surface area contributed by atoms with Crippen LogP contribution in [0, 0.1) is 5.92 Å². The predicted molar refractivity (Wildman–Crippen MR) is 121 cm³/mol. The van der Waals surface area contributed by atoms with Crippen molar-refractivity contribution in [3.8, 4) is 5.95 Å². The van der Waals surface area contributed by atoms with Gasteiger partial charge in [-0.3, -0.25) is 9.59 Å². The van der Waals surface area contributed by atoms with Crippen molar-refractivity contribution in [1.82, 2.24) is 24.6 Å². The minimum Gasteiger partial charge on any atom is -0.342 e. The molecule has 4 rings (SSSR count). The second kappa shape index (κ2) is 8.90. The van der Waals surface area contributed by atoms with Gasteiger partial charge in [0.25, 0.3) is 5.95 Å². The predicted octanol–water partition coefficient (Wildman–Crippen LogP) is 2.99. The molecule has 0 saturated carbocycles. The lowest BCUT2D eigenvalue weighted by atomic mass is 9.92. The molecule has 32 heavy (non-hydrogen) atoms. The number of rotatable bonds is 6. The van der Waals surface area contributed by atoms with E-state index in [9.17, 15) is 9.59 Å². The smallest absolute Gasteiger partial charge is 0.252 e. The lowest BCUT2D eigenvalue weighted by Crippen LogP contribution is -2.30. The Labute approximate surface area is 187 Å². The maximum absolute atomic E-state index is 13.1. The fourth-order valence-electron chi connectivity index (χ4n) is 3.69. The Morgan fingerprint density at radius 3 is 2.53 bits per heavy atom. The van der Waals surface area contributed by atoms with E-state index in [-0.39, 0.29) is 23.7 Å². The van der Waals surface area contributed by atoms with Crippen LogP contribution in [0.2, 0.25) is 0 Å². The van der Waals surface area contributed by atoms with Crippen molar-refractivity contribution in [2.45, 2.75) is 39.0 Å². The summed E-state index contributed by atoms with van der Waals surface area (Å²) < 4.78 is 1.54. The number of nitrogens with zero attached hydrogens (tertiary/aromatic N) is 5. The Balaban J connectivity index is 1.47. The van der Waals surface area contributed by atoms with Crippen LogP contribution in [0.25, 0.3) is 5.95 Å². The minimum atomic E-state index is -0.406. The fourth-order valence-corrected chi connectivity index (χ4v) is 3.69. The lowest BCUT2D eigenvalue weighted by molar-refractivity contribution is -0.128. The van der Waals surface area contributed by atoms with Crippen LogP contribution in [0.3, 0.4) is 0 Å². The summed E-state index contributed by atoms with van der Waals surface area (Å²) in [6.45, 7) is 7.18. The molecule has 1 aliphatic rings. The molecule has 0 aliphatic carbocycles. The van der Waals surface area contributed by atoms with E-state index in [0.29, 0.717) is 24.9 Å². The van der Waals surface area contributed by atoms with Gasteiger partial charge in [0.1, 0.15) is 5.82 Å². The first-order chi connectivity index (χ1) is 15.3. The SMILES string of the molecule is CC(C)(C)c1cc(NC(=O)C2CC(=O)N(CCc3ccccc3)C2)n(-c2ncccn2)n1. The summed E-state index contributed by atoms with van der Waals surface area (Å²) in [5, 5.41) is 7.58. The molecular weight excluding hydrogens is 404 g/mol. The van der Waals surface area contributed by atoms with Crippen LogP contribution in [-0.4, -0.2) is 49.6 Å². The highest BCUT2D eigenvalue weighted by Gasteiger charge is 2.35. The molecule has 3 heterocycles. The van der Waals surface area contributed by atoms with Crippen LogP contribution in [0.1, 0.15) is 38.4 Å². The first kappa shape index (κ1) is 21.7. The summed E-state index contributed by atoms with van der Waals surface area (Å²) in [7, 11) is 0. The molecule has 1 aliphatic heterocycles.